The molecule has 0 saturated heterocycles. The van der Waals surface area contributed by atoms with Crippen LogP contribution in [0.5, 0.6) is 0 Å². The first-order valence-corrected chi connectivity index (χ1v) is 10.3. The Kier molecular flexibility index (Phi) is 4.57. The number of alkyl halides is 3. The molecule has 0 heterocycles. The van der Waals surface area contributed by atoms with Crippen LogP contribution in [0.3, 0.4) is 0 Å². The Bertz CT molecular complexity index is 1190. The van der Waals surface area contributed by atoms with Crippen LogP contribution in [-0.4, -0.2) is 13.9 Å². The first-order valence-electron chi connectivity index (χ1n) is 8.91. The van der Waals surface area contributed by atoms with Crippen LogP contribution in [0.25, 0.3) is 27.1 Å². The highest BCUT2D eigenvalue weighted by atomic mass is 32.2. The van der Waals surface area contributed by atoms with Gasteiger partial charge in [-0.25, -0.2) is 0 Å². The molecule has 146 valence electrons. The zero-order valence-corrected chi connectivity index (χ0v) is 15.6. The van der Waals surface area contributed by atoms with E-state index >= 15 is 0 Å². The van der Waals surface area contributed by atoms with Crippen molar-refractivity contribution in [2.45, 2.75) is 31.2 Å². The fraction of sp³-hybridized carbons (Fsp3) is 0.238. The number of fused-ring (bicyclic) bond motifs is 3. The molecule has 0 aliphatic heterocycles. The van der Waals surface area contributed by atoms with Crippen molar-refractivity contribution in [3.63, 3.8) is 0 Å². The summed E-state index contributed by atoms with van der Waals surface area (Å²) in [5, 5.41) is 3.80. The van der Waals surface area contributed by atoms with Crippen molar-refractivity contribution in [1.29, 1.82) is 0 Å². The van der Waals surface area contributed by atoms with Crippen LogP contribution in [0.15, 0.2) is 60.4 Å². The van der Waals surface area contributed by atoms with E-state index in [1.807, 2.05) is 54.6 Å². The number of hydrogen-bond acceptors (Lipinski definition) is 3. The summed E-state index contributed by atoms with van der Waals surface area (Å²) >= 11 is 0. The SMILES string of the molecule is O=S(=O)(OC1=C(c2cc3ccccc3c3ccccc23)CCCC1)C(F)(F)F. The molecule has 3 nitrogen and oxygen atoms in total. The summed E-state index contributed by atoms with van der Waals surface area (Å²) in [4.78, 5) is 0. The van der Waals surface area contributed by atoms with E-state index in [-0.39, 0.29) is 12.2 Å². The summed E-state index contributed by atoms with van der Waals surface area (Å²) in [6, 6.07) is 17.3. The third-order valence-electron chi connectivity index (χ3n) is 5.00. The standard InChI is InChI=1S/C21H17F3O3S/c22-21(23,24)28(25,26)27-20-12-6-5-11-18(20)19-13-14-7-1-2-8-15(14)16-9-3-4-10-17(16)19/h1-4,7-10,13H,5-6,11-12H2. The number of halogens is 3. The van der Waals surface area contributed by atoms with Crippen molar-refractivity contribution < 1.29 is 25.8 Å². The lowest BCUT2D eigenvalue weighted by Gasteiger charge is -2.22. The third kappa shape index (κ3) is 3.24. The molecular weight excluding hydrogens is 389 g/mol. The predicted molar refractivity (Wildman–Crippen MR) is 103 cm³/mol. The van der Waals surface area contributed by atoms with Gasteiger partial charge in [0.1, 0.15) is 5.76 Å². The molecule has 0 N–H and O–H groups in total. The Hall–Kier alpha value is -2.54. The quantitative estimate of drug-likeness (QED) is 0.298. The summed E-state index contributed by atoms with van der Waals surface area (Å²) in [5.41, 5.74) is -4.20. The van der Waals surface area contributed by atoms with Crippen LogP contribution in [0, 0.1) is 0 Å². The Morgan fingerprint density at radius 2 is 1.43 bits per heavy atom. The summed E-state index contributed by atoms with van der Waals surface area (Å²) in [5.74, 6) is -0.107. The zero-order valence-electron chi connectivity index (χ0n) is 14.8. The van der Waals surface area contributed by atoms with Gasteiger partial charge in [-0.1, -0.05) is 48.5 Å². The molecule has 1 aliphatic rings. The largest absolute Gasteiger partial charge is 0.534 e. The van der Waals surface area contributed by atoms with E-state index in [1.165, 1.54) is 0 Å². The van der Waals surface area contributed by atoms with Crippen LogP contribution in [-0.2, 0) is 14.3 Å². The van der Waals surface area contributed by atoms with Gasteiger partial charge in [-0.05, 0) is 58.0 Å². The highest BCUT2D eigenvalue weighted by Gasteiger charge is 2.49. The average molecular weight is 406 g/mol. The molecule has 3 aromatic rings. The van der Waals surface area contributed by atoms with Crippen LogP contribution in [0.4, 0.5) is 13.2 Å². The van der Waals surface area contributed by atoms with Gasteiger partial charge in [-0.3, -0.25) is 0 Å². The highest BCUT2D eigenvalue weighted by Crippen LogP contribution is 2.41. The van der Waals surface area contributed by atoms with Gasteiger partial charge >= 0.3 is 15.6 Å². The fourth-order valence-corrected chi connectivity index (χ4v) is 4.28. The first kappa shape index (κ1) is 18.8. The normalized spacial score (nSPS) is 16.0. The summed E-state index contributed by atoms with van der Waals surface area (Å²) < 4.78 is 66.3. The number of hydrogen-bond donors (Lipinski definition) is 0. The highest BCUT2D eigenvalue weighted by molar-refractivity contribution is 7.87. The summed E-state index contributed by atoms with van der Waals surface area (Å²) in [6.07, 6.45) is 1.96. The van der Waals surface area contributed by atoms with Crippen molar-refractivity contribution in [2.24, 2.45) is 0 Å². The second-order valence-electron chi connectivity index (χ2n) is 6.78. The van der Waals surface area contributed by atoms with E-state index in [0.29, 0.717) is 18.4 Å². The van der Waals surface area contributed by atoms with Gasteiger partial charge in [0.05, 0.1) is 0 Å². The van der Waals surface area contributed by atoms with E-state index in [2.05, 4.69) is 4.18 Å². The topological polar surface area (TPSA) is 43.4 Å². The Balaban J connectivity index is 1.97. The fourth-order valence-electron chi connectivity index (χ4n) is 3.74. The van der Waals surface area contributed by atoms with Gasteiger partial charge < -0.3 is 4.18 Å². The van der Waals surface area contributed by atoms with E-state index in [4.69, 9.17) is 0 Å². The van der Waals surface area contributed by atoms with Crippen LogP contribution in [0.1, 0.15) is 31.2 Å². The second-order valence-corrected chi connectivity index (χ2v) is 8.32. The lowest BCUT2D eigenvalue weighted by molar-refractivity contribution is -0.0523. The molecule has 0 radical (unpaired) electrons. The van der Waals surface area contributed by atoms with Crippen molar-refractivity contribution in [3.8, 4) is 0 Å². The second kappa shape index (κ2) is 6.81. The van der Waals surface area contributed by atoms with Gasteiger partial charge in [0.2, 0.25) is 0 Å². The smallest absolute Gasteiger partial charge is 0.380 e. The molecule has 4 rings (SSSR count). The van der Waals surface area contributed by atoms with E-state index in [9.17, 15) is 21.6 Å². The molecule has 0 amide bonds. The summed E-state index contributed by atoms with van der Waals surface area (Å²) in [6.45, 7) is 0. The van der Waals surface area contributed by atoms with Crippen molar-refractivity contribution in [3.05, 3.63) is 65.9 Å². The Labute approximate surface area is 160 Å². The lowest BCUT2D eigenvalue weighted by Crippen LogP contribution is -2.26. The van der Waals surface area contributed by atoms with E-state index < -0.39 is 15.6 Å². The molecule has 0 fully saturated rings. The van der Waals surface area contributed by atoms with Gasteiger partial charge in [0.25, 0.3) is 0 Å². The van der Waals surface area contributed by atoms with Crippen LogP contribution in [0.2, 0.25) is 0 Å². The molecule has 0 atom stereocenters. The van der Waals surface area contributed by atoms with E-state index in [0.717, 1.165) is 33.5 Å². The third-order valence-corrected chi connectivity index (χ3v) is 5.99. The number of allylic oxidation sites excluding steroid dienone is 2. The number of rotatable bonds is 3. The molecule has 0 spiro atoms. The molecule has 0 unspecified atom stereocenters. The van der Waals surface area contributed by atoms with Crippen LogP contribution < -0.4 is 0 Å². The maximum Gasteiger partial charge on any atom is 0.534 e. The molecule has 1 aliphatic carbocycles. The maximum atomic E-state index is 12.8. The molecule has 28 heavy (non-hydrogen) atoms. The average Bonchev–Trinajstić information content (AvgIpc) is 2.67. The van der Waals surface area contributed by atoms with E-state index in [1.54, 1.807) is 0 Å². The molecule has 0 bridgehead atoms. The summed E-state index contributed by atoms with van der Waals surface area (Å²) in [7, 11) is -5.69. The monoisotopic (exact) mass is 406 g/mol. The maximum absolute atomic E-state index is 12.8. The van der Waals surface area contributed by atoms with Crippen molar-refractivity contribution in [1.82, 2.24) is 0 Å². The minimum absolute atomic E-state index is 0.107. The van der Waals surface area contributed by atoms with Crippen molar-refractivity contribution in [2.75, 3.05) is 0 Å². The zero-order chi connectivity index (χ0) is 19.9. The molecule has 0 saturated carbocycles. The van der Waals surface area contributed by atoms with Gasteiger partial charge in [-0.2, -0.15) is 21.6 Å². The van der Waals surface area contributed by atoms with Gasteiger partial charge in [0, 0.05) is 6.42 Å². The van der Waals surface area contributed by atoms with Crippen molar-refractivity contribution >= 4 is 37.2 Å². The van der Waals surface area contributed by atoms with Gasteiger partial charge in [-0.15, -0.1) is 0 Å². The Morgan fingerprint density at radius 3 is 2.14 bits per heavy atom. The minimum Gasteiger partial charge on any atom is -0.380 e. The molecule has 0 aromatic heterocycles. The minimum atomic E-state index is -5.69. The van der Waals surface area contributed by atoms with Crippen LogP contribution >= 0.6 is 0 Å². The molecular formula is C21H17F3O3S. The number of benzene rings is 3. The predicted octanol–water partition coefficient (Wildman–Crippen LogP) is 6.14. The first-order chi connectivity index (χ1) is 13.3. The molecule has 7 heteroatoms. The Morgan fingerprint density at radius 1 is 0.821 bits per heavy atom. The lowest BCUT2D eigenvalue weighted by atomic mass is 9.87. The molecule has 3 aromatic carbocycles. The van der Waals surface area contributed by atoms with Gasteiger partial charge in [0.15, 0.2) is 0 Å².